The van der Waals surface area contributed by atoms with Gasteiger partial charge in [0.15, 0.2) is 0 Å². The molecule has 1 aromatic rings. The SMILES string of the molecule is CCNCc1cn(CC(=O)NC(C)(C)CC)cn1. The fraction of sp³-hybridized carbons (Fsp3) is 0.692. The van der Waals surface area contributed by atoms with Crippen LogP contribution >= 0.6 is 0 Å². The summed E-state index contributed by atoms with van der Waals surface area (Å²) in [6.45, 7) is 10.1. The van der Waals surface area contributed by atoms with Crippen LogP contribution in [0.25, 0.3) is 0 Å². The van der Waals surface area contributed by atoms with Crippen molar-refractivity contribution >= 4 is 5.91 Å². The van der Waals surface area contributed by atoms with Gasteiger partial charge >= 0.3 is 0 Å². The number of carbonyl (C=O) groups is 1. The van der Waals surface area contributed by atoms with Gasteiger partial charge in [-0.05, 0) is 26.8 Å². The summed E-state index contributed by atoms with van der Waals surface area (Å²) in [5.74, 6) is 0.0225. The fourth-order valence-corrected chi connectivity index (χ4v) is 1.51. The number of nitrogens with one attached hydrogen (secondary N) is 2. The van der Waals surface area contributed by atoms with Crippen molar-refractivity contribution in [1.82, 2.24) is 20.2 Å². The van der Waals surface area contributed by atoms with Gasteiger partial charge in [0.25, 0.3) is 0 Å². The van der Waals surface area contributed by atoms with Crippen LogP contribution in [-0.2, 0) is 17.9 Å². The summed E-state index contributed by atoms with van der Waals surface area (Å²) >= 11 is 0. The lowest BCUT2D eigenvalue weighted by atomic mass is 10.0. The van der Waals surface area contributed by atoms with Gasteiger partial charge in [0.2, 0.25) is 5.91 Å². The van der Waals surface area contributed by atoms with Crippen molar-refractivity contribution in [2.24, 2.45) is 0 Å². The first-order valence-corrected chi connectivity index (χ1v) is 6.49. The van der Waals surface area contributed by atoms with Gasteiger partial charge in [-0.25, -0.2) is 4.98 Å². The zero-order chi connectivity index (χ0) is 13.6. The normalized spacial score (nSPS) is 11.6. The van der Waals surface area contributed by atoms with Gasteiger partial charge in [0.05, 0.1) is 12.0 Å². The van der Waals surface area contributed by atoms with E-state index in [0.29, 0.717) is 6.54 Å². The third-order valence-electron chi connectivity index (χ3n) is 2.93. The topological polar surface area (TPSA) is 59.0 Å². The lowest BCUT2D eigenvalue weighted by Crippen LogP contribution is -2.44. The molecule has 0 aliphatic heterocycles. The zero-order valence-corrected chi connectivity index (χ0v) is 11.8. The Bertz CT molecular complexity index is 384. The maximum absolute atomic E-state index is 11.8. The highest BCUT2D eigenvalue weighted by atomic mass is 16.2. The number of rotatable bonds is 7. The van der Waals surface area contributed by atoms with Crippen LogP contribution in [0.5, 0.6) is 0 Å². The van der Waals surface area contributed by atoms with Crippen molar-refractivity contribution in [3.63, 3.8) is 0 Å². The van der Waals surface area contributed by atoms with Gasteiger partial charge in [-0.15, -0.1) is 0 Å². The molecule has 0 bridgehead atoms. The van der Waals surface area contributed by atoms with Gasteiger partial charge in [-0.3, -0.25) is 4.79 Å². The molecule has 102 valence electrons. The number of hydrogen-bond acceptors (Lipinski definition) is 3. The first-order chi connectivity index (χ1) is 8.46. The van der Waals surface area contributed by atoms with Crippen molar-refractivity contribution in [2.75, 3.05) is 6.54 Å². The third-order valence-corrected chi connectivity index (χ3v) is 2.93. The van der Waals surface area contributed by atoms with Crippen molar-refractivity contribution in [3.05, 3.63) is 18.2 Å². The van der Waals surface area contributed by atoms with Crippen LogP contribution in [0.15, 0.2) is 12.5 Å². The molecule has 0 unspecified atom stereocenters. The maximum Gasteiger partial charge on any atom is 0.240 e. The number of imidazole rings is 1. The molecule has 0 saturated heterocycles. The van der Waals surface area contributed by atoms with E-state index in [0.717, 1.165) is 25.2 Å². The zero-order valence-electron chi connectivity index (χ0n) is 11.8. The number of amides is 1. The summed E-state index contributed by atoms with van der Waals surface area (Å²) in [7, 11) is 0. The number of nitrogens with zero attached hydrogens (tertiary/aromatic N) is 2. The highest BCUT2D eigenvalue weighted by molar-refractivity contribution is 5.76. The lowest BCUT2D eigenvalue weighted by Gasteiger charge is -2.24. The molecule has 0 radical (unpaired) electrons. The average molecular weight is 252 g/mol. The van der Waals surface area contributed by atoms with Crippen molar-refractivity contribution in [3.8, 4) is 0 Å². The Morgan fingerprint density at radius 1 is 1.44 bits per heavy atom. The summed E-state index contributed by atoms with van der Waals surface area (Å²) in [6, 6.07) is 0. The molecule has 1 heterocycles. The number of carbonyl (C=O) groups excluding carboxylic acids is 1. The van der Waals surface area contributed by atoms with E-state index >= 15 is 0 Å². The van der Waals surface area contributed by atoms with E-state index in [-0.39, 0.29) is 11.4 Å². The Morgan fingerprint density at radius 3 is 2.78 bits per heavy atom. The first kappa shape index (κ1) is 14.7. The van der Waals surface area contributed by atoms with E-state index in [1.54, 1.807) is 6.33 Å². The second-order valence-corrected chi connectivity index (χ2v) is 5.10. The molecular formula is C13H24N4O. The molecule has 18 heavy (non-hydrogen) atoms. The molecule has 0 fully saturated rings. The van der Waals surface area contributed by atoms with Gasteiger partial charge in [-0.2, -0.15) is 0 Å². The summed E-state index contributed by atoms with van der Waals surface area (Å²) < 4.78 is 1.81. The molecule has 1 amide bonds. The minimum Gasteiger partial charge on any atom is -0.350 e. The summed E-state index contributed by atoms with van der Waals surface area (Å²) in [6.07, 6.45) is 4.51. The first-order valence-electron chi connectivity index (χ1n) is 6.49. The number of aromatic nitrogens is 2. The molecule has 5 nitrogen and oxygen atoms in total. The monoisotopic (exact) mass is 252 g/mol. The Kier molecular flexibility index (Phi) is 5.34. The average Bonchev–Trinajstić information content (AvgIpc) is 2.73. The van der Waals surface area contributed by atoms with Gasteiger partial charge in [0.1, 0.15) is 6.54 Å². The standard InChI is InChI=1S/C13H24N4O/c1-5-13(3,4)16-12(18)9-17-8-11(15-10-17)7-14-6-2/h8,10,14H,5-7,9H2,1-4H3,(H,16,18). The molecule has 0 atom stereocenters. The van der Waals surface area contributed by atoms with Crippen LogP contribution in [0.2, 0.25) is 0 Å². The predicted molar refractivity (Wildman–Crippen MR) is 72.1 cm³/mol. The molecule has 2 N–H and O–H groups in total. The third kappa shape index (κ3) is 4.87. The van der Waals surface area contributed by atoms with Crippen molar-refractivity contribution in [2.45, 2.75) is 52.7 Å². The van der Waals surface area contributed by atoms with E-state index in [1.165, 1.54) is 0 Å². The van der Waals surface area contributed by atoms with Gasteiger partial charge in [0, 0.05) is 18.3 Å². The highest BCUT2D eigenvalue weighted by Gasteiger charge is 2.17. The van der Waals surface area contributed by atoms with Crippen LogP contribution in [-0.4, -0.2) is 27.5 Å². The molecule has 0 aliphatic carbocycles. The second-order valence-electron chi connectivity index (χ2n) is 5.10. The van der Waals surface area contributed by atoms with E-state index < -0.39 is 0 Å². The molecule has 5 heteroatoms. The second kappa shape index (κ2) is 6.54. The van der Waals surface area contributed by atoms with Crippen molar-refractivity contribution < 1.29 is 4.79 Å². The quantitative estimate of drug-likeness (QED) is 0.769. The lowest BCUT2D eigenvalue weighted by molar-refractivity contribution is -0.123. The van der Waals surface area contributed by atoms with Crippen molar-refractivity contribution in [1.29, 1.82) is 0 Å². The highest BCUT2D eigenvalue weighted by Crippen LogP contribution is 2.06. The van der Waals surface area contributed by atoms with Crippen LogP contribution in [0.3, 0.4) is 0 Å². The van der Waals surface area contributed by atoms with Crippen LogP contribution < -0.4 is 10.6 Å². The van der Waals surface area contributed by atoms with E-state index in [1.807, 2.05) is 24.6 Å². The molecule has 0 aromatic carbocycles. The van der Waals surface area contributed by atoms with Gasteiger partial charge < -0.3 is 15.2 Å². The minimum atomic E-state index is -0.149. The molecular weight excluding hydrogens is 228 g/mol. The van der Waals surface area contributed by atoms with Crippen LogP contribution in [0, 0.1) is 0 Å². The summed E-state index contributed by atoms with van der Waals surface area (Å²) in [5, 5.41) is 6.21. The predicted octanol–water partition coefficient (Wildman–Crippen LogP) is 1.30. The molecule has 1 aromatic heterocycles. The summed E-state index contributed by atoms with van der Waals surface area (Å²) in [4.78, 5) is 16.1. The fourth-order valence-electron chi connectivity index (χ4n) is 1.51. The molecule has 1 rings (SSSR count). The Morgan fingerprint density at radius 2 is 2.17 bits per heavy atom. The largest absolute Gasteiger partial charge is 0.350 e. The number of hydrogen-bond donors (Lipinski definition) is 2. The van der Waals surface area contributed by atoms with Crippen LogP contribution in [0.1, 0.15) is 39.8 Å². The maximum atomic E-state index is 11.8. The Hall–Kier alpha value is -1.36. The minimum absolute atomic E-state index is 0.0225. The van der Waals surface area contributed by atoms with E-state index in [2.05, 4.69) is 29.5 Å². The van der Waals surface area contributed by atoms with E-state index in [4.69, 9.17) is 0 Å². The van der Waals surface area contributed by atoms with Crippen LogP contribution in [0.4, 0.5) is 0 Å². The molecule has 0 saturated carbocycles. The smallest absolute Gasteiger partial charge is 0.240 e. The Labute approximate surface area is 109 Å². The van der Waals surface area contributed by atoms with E-state index in [9.17, 15) is 4.79 Å². The molecule has 0 spiro atoms. The molecule has 0 aliphatic rings. The Balaban J connectivity index is 2.47. The summed E-state index contributed by atoms with van der Waals surface area (Å²) in [5.41, 5.74) is 0.809. The van der Waals surface area contributed by atoms with Gasteiger partial charge in [-0.1, -0.05) is 13.8 Å².